The number of ether oxygens (including phenoxy) is 2. The minimum atomic E-state index is 0.195. The average Bonchev–Trinajstić information content (AvgIpc) is 2.24. The van der Waals surface area contributed by atoms with Crippen molar-refractivity contribution >= 4 is 5.69 Å². The summed E-state index contributed by atoms with van der Waals surface area (Å²) in [4.78, 5) is 0. The fraction of sp³-hybridized carbons (Fsp3) is 0.500. The van der Waals surface area contributed by atoms with Gasteiger partial charge in [-0.2, -0.15) is 0 Å². The minimum Gasteiger partial charge on any atom is -0.488 e. The Bertz CT molecular complexity index is 332. The molecule has 1 aliphatic heterocycles. The summed E-state index contributed by atoms with van der Waals surface area (Å²) in [6.07, 6.45) is 2.35. The van der Waals surface area contributed by atoms with Gasteiger partial charge in [-0.1, -0.05) is 0 Å². The standard InChI is InChI=1S/C12H17NO2/c1-9-7-10(13)4-5-12(9)15-11-3-2-6-14-8-11/h4-5,7,11H,2-3,6,8,13H2,1H3/t11-/m0/s1. The third kappa shape index (κ3) is 2.63. The number of hydrogen-bond donors (Lipinski definition) is 1. The van der Waals surface area contributed by atoms with Gasteiger partial charge in [0, 0.05) is 12.3 Å². The summed E-state index contributed by atoms with van der Waals surface area (Å²) >= 11 is 0. The van der Waals surface area contributed by atoms with E-state index in [-0.39, 0.29) is 6.10 Å². The van der Waals surface area contributed by atoms with Crippen molar-refractivity contribution in [1.82, 2.24) is 0 Å². The zero-order valence-electron chi connectivity index (χ0n) is 9.03. The quantitative estimate of drug-likeness (QED) is 0.755. The maximum atomic E-state index is 5.86. The SMILES string of the molecule is Cc1cc(N)ccc1O[C@H]1CCCOC1. The van der Waals surface area contributed by atoms with Gasteiger partial charge in [0.1, 0.15) is 11.9 Å². The average molecular weight is 207 g/mol. The third-order valence-electron chi connectivity index (χ3n) is 2.61. The first-order valence-electron chi connectivity index (χ1n) is 5.36. The normalized spacial score (nSPS) is 21.3. The number of rotatable bonds is 2. The van der Waals surface area contributed by atoms with E-state index in [4.69, 9.17) is 15.2 Å². The van der Waals surface area contributed by atoms with Crippen molar-refractivity contribution in [3.05, 3.63) is 23.8 Å². The lowest BCUT2D eigenvalue weighted by Crippen LogP contribution is -2.28. The van der Waals surface area contributed by atoms with Crippen molar-refractivity contribution in [2.75, 3.05) is 18.9 Å². The summed E-state index contributed by atoms with van der Waals surface area (Å²) in [5.41, 5.74) is 7.54. The van der Waals surface area contributed by atoms with Gasteiger partial charge in [-0.05, 0) is 43.5 Å². The molecule has 0 spiro atoms. The van der Waals surface area contributed by atoms with Crippen molar-refractivity contribution in [1.29, 1.82) is 0 Å². The summed E-state index contributed by atoms with van der Waals surface area (Å²) in [6, 6.07) is 5.73. The summed E-state index contributed by atoms with van der Waals surface area (Å²) in [6.45, 7) is 3.57. The Morgan fingerprint density at radius 1 is 1.47 bits per heavy atom. The molecule has 1 aromatic carbocycles. The maximum absolute atomic E-state index is 5.86. The predicted molar refractivity (Wildman–Crippen MR) is 60.1 cm³/mol. The number of hydrogen-bond acceptors (Lipinski definition) is 3. The van der Waals surface area contributed by atoms with Gasteiger partial charge in [0.2, 0.25) is 0 Å². The van der Waals surface area contributed by atoms with Crippen LogP contribution < -0.4 is 10.5 Å². The molecule has 0 aromatic heterocycles. The molecule has 1 atom stereocenters. The van der Waals surface area contributed by atoms with E-state index in [1.165, 1.54) is 0 Å². The predicted octanol–water partition coefficient (Wildman–Crippen LogP) is 2.14. The van der Waals surface area contributed by atoms with Crippen molar-refractivity contribution in [3.8, 4) is 5.75 Å². The first-order valence-corrected chi connectivity index (χ1v) is 5.36. The Hall–Kier alpha value is -1.22. The van der Waals surface area contributed by atoms with E-state index in [0.717, 1.165) is 36.4 Å². The molecule has 2 N–H and O–H groups in total. The molecule has 82 valence electrons. The molecule has 15 heavy (non-hydrogen) atoms. The fourth-order valence-electron chi connectivity index (χ4n) is 1.79. The molecule has 1 aliphatic rings. The highest BCUT2D eigenvalue weighted by Crippen LogP contribution is 2.23. The first-order chi connectivity index (χ1) is 7.25. The second-order valence-corrected chi connectivity index (χ2v) is 3.98. The van der Waals surface area contributed by atoms with Crippen molar-refractivity contribution in [2.24, 2.45) is 0 Å². The summed E-state index contributed by atoms with van der Waals surface area (Å²) in [5, 5.41) is 0. The minimum absolute atomic E-state index is 0.195. The molecule has 1 saturated heterocycles. The zero-order valence-corrected chi connectivity index (χ0v) is 9.03. The molecule has 1 fully saturated rings. The van der Waals surface area contributed by atoms with E-state index in [2.05, 4.69) is 0 Å². The fourth-order valence-corrected chi connectivity index (χ4v) is 1.79. The van der Waals surface area contributed by atoms with Gasteiger partial charge in [-0.25, -0.2) is 0 Å². The van der Waals surface area contributed by atoms with E-state index in [1.54, 1.807) is 0 Å². The van der Waals surface area contributed by atoms with E-state index in [9.17, 15) is 0 Å². The second kappa shape index (κ2) is 4.53. The van der Waals surface area contributed by atoms with Crippen LogP contribution in [0, 0.1) is 6.92 Å². The molecule has 0 amide bonds. The van der Waals surface area contributed by atoms with Crippen LogP contribution in [-0.4, -0.2) is 19.3 Å². The van der Waals surface area contributed by atoms with Crippen LogP contribution in [0.3, 0.4) is 0 Å². The first kappa shape index (κ1) is 10.3. The van der Waals surface area contributed by atoms with Gasteiger partial charge in [-0.3, -0.25) is 0 Å². The highest BCUT2D eigenvalue weighted by molar-refractivity contribution is 5.47. The van der Waals surface area contributed by atoms with Gasteiger partial charge < -0.3 is 15.2 Å². The third-order valence-corrected chi connectivity index (χ3v) is 2.61. The van der Waals surface area contributed by atoms with Crippen LogP contribution in [0.15, 0.2) is 18.2 Å². The molecule has 0 aliphatic carbocycles. The molecule has 0 bridgehead atoms. The summed E-state index contributed by atoms with van der Waals surface area (Å²) in [7, 11) is 0. The Kier molecular flexibility index (Phi) is 3.11. The van der Waals surface area contributed by atoms with Crippen LogP contribution in [0.2, 0.25) is 0 Å². The van der Waals surface area contributed by atoms with E-state index >= 15 is 0 Å². The molecule has 3 heteroatoms. The Balaban J connectivity index is 2.03. The number of benzene rings is 1. The smallest absolute Gasteiger partial charge is 0.122 e. The van der Waals surface area contributed by atoms with Gasteiger partial charge in [0.25, 0.3) is 0 Å². The number of nitrogen functional groups attached to an aromatic ring is 1. The molecule has 0 radical (unpaired) electrons. The Morgan fingerprint density at radius 3 is 3.00 bits per heavy atom. The highest BCUT2D eigenvalue weighted by Gasteiger charge is 2.15. The van der Waals surface area contributed by atoms with Gasteiger partial charge in [0.15, 0.2) is 0 Å². The molecule has 0 saturated carbocycles. The molecule has 1 heterocycles. The number of nitrogens with two attached hydrogens (primary N) is 1. The molecular weight excluding hydrogens is 190 g/mol. The van der Waals surface area contributed by atoms with Gasteiger partial charge in [-0.15, -0.1) is 0 Å². The van der Waals surface area contributed by atoms with Gasteiger partial charge >= 0.3 is 0 Å². The van der Waals surface area contributed by atoms with Crippen molar-refractivity contribution < 1.29 is 9.47 Å². The Labute approximate surface area is 90.2 Å². The van der Waals surface area contributed by atoms with Gasteiger partial charge in [0.05, 0.1) is 6.61 Å². The summed E-state index contributed by atoms with van der Waals surface area (Å²) < 4.78 is 11.2. The molecule has 2 rings (SSSR count). The van der Waals surface area contributed by atoms with Crippen LogP contribution in [0.25, 0.3) is 0 Å². The van der Waals surface area contributed by atoms with E-state index in [1.807, 2.05) is 25.1 Å². The van der Waals surface area contributed by atoms with Crippen molar-refractivity contribution in [3.63, 3.8) is 0 Å². The lowest BCUT2D eigenvalue weighted by molar-refractivity contribution is 0.00716. The molecule has 1 aromatic rings. The zero-order chi connectivity index (χ0) is 10.7. The number of anilines is 1. The number of aryl methyl sites for hydroxylation is 1. The lowest BCUT2D eigenvalue weighted by atomic mass is 10.1. The van der Waals surface area contributed by atoms with Crippen LogP contribution in [0.5, 0.6) is 5.75 Å². The van der Waals surface area contributed by atoms with Crippen LogP contribution in [-0.2, 0) is 4.74 Å². The largest absolute Gasteiger partial charge is 0.488 e. The lowest BCUT2D eigenvalue weighted by Gasteiger charge is -2.24. The molecule has 0 unspecified atom stereocenters. The maximum Gasteiger partial charge on any atom is 0.122 e. The summed E-state index contributed by atoms with van der Waals surface area (Å²) in [5.74, 6) is 0.916. The molecular formula is C12H17NO2. The Morgan fingerprint density at radius 2 is 2.33 bits per heavy atom. The van der Waals surface area contributed by atoms with Crippen LogP contribution >= 0.6 is 0 Å². The highest BCUT2D eigenvalue weighted by atomic mass is 16.5. The second-order valence-electron chi connectivity index (χ2n) is 3.98. The van der Waals surface area contributed by atoms with Crippen LogP contribution in [0.1, 0.15) is 18.4 Å². The molecule has 3 nitrogen and oxygen atoms in total. The topological polar surface area (TPSA) is 44.5 Å². The van der Waals surface area contributed by atoms with Crippen molar-refractivity contribution in [2.45, 2.75) is 25.9 Å². The monoisotopic (exact) mass is 207 g/mol. The van der Waals surface area contributed by atoms with Crippen LogP contribution in [0.4, 0.5) is 5.69 Å². The van der Waals surface area contributed by atoms with E-state index < -0.39 is 0 Å². The van der Waals surface area contributed by atoms with E-state index in [0.29, 0.717) is 6.61 Å².